The lowest BCUT2D eigenvalue weighted by Gasteiger charge is -2.18. The number of aliphatic carboxylic acids is 1. The van der Waals surface area contributed by atoms with Crippen LogP contribution in [0, 0.1) is 5.41 Å². The molecule has 4 heteroatoms. The van der Waals surface area contributed by atoms with Crippen molar-refractivity contribution in [1.82, 2.24) is 5.32 Å². The normalized spacial score (nSPS) is 11.6. The molecule has 0 radical (unpaired) electrons. The standard InChI is InChI=1S/C10H21NO3/c1-4-5-11-6-7-14-8-10(2,3)9(12)13/h11H,4-8H2,1-3H3,(H,12,13). The molecule has 0 aliphatic rings. The summed E-state index contributed by atoms with van der Waals surface area (Å²) in [4.78, 5) is 10.7. The van der Waals surface area contributed by atoms with Crippen LogP contribution < -0.4 is 5.32 Å². The zero-order chi connectivity index (χ0) is 11.0. The number of nitrogens with one attached hydrogen (secondary N) is 1. The van der Waals surface area contributed by atoms with Crippen LogP contribution in [-0.2, 0) is 9.53 Å². The van der Waals surface area contributed by atoms with E-state index in [4.69, 9.17) is 9.84 Å². The molecule has 84 valence electrons. The van der Waals surface area contributed by atoms with Gasteiger partial charge in [-0.05, 0) is 26.8 Å². The van der Waals surface area contributed by atoms with Crippen LogP contribution in [0.1, 0.15) is 27.2 Å². The van der Waals surface area contributed by atoms with Crippen molar-refractivity contribution in [2.24, 2.45) is 5.41 Å². The van der Waals surface area contributed by atoms with Crippen LogP contribution in [0.2, 0.25) is 0 Å². The lowest BCUT2D eigenvalue weighted by Crippen LogP contribution is -2.31. The number of carboxylic acid groups (broad SMARTS) is 1. The third-order valence-corrected chi connectivity index (χ3v) is 1.89. The molecule has 0 fully saturated rings. The molecule has 0 aromatic rings. The molecular formula is C10H21NO3. The van der Waals surface area contributed by atoms with Gasteiger partial charge in [0.25, 0.3) is 0 Å². The Hall–Kier alpha value is -0.610. The van der Waals surface area contributed by atoms with Crippen LogP contribution in [-0.4, -0.2) is 37.4 Å². The van der Waals surface area contributed by atoms with Gasteiger partial charge >= 0.3 is 5.97 Å². The van der Waals surface area contributed by atoms with Crippen molar-refractivity contribution in [3.8, 4) is 0 Å². The quantitative estimate of drug-likeness (QED) is 0.580. The van der Waals surface area contributed by atoms with Crippen molar-refractivity contribution in [2.45, 2.75) is 27.2 Å². The van der Waals surface area contributed by atoms with E-state index in [0.29, 0.717) is 6.61 Å². The molecule has 0 amide bonds. The van der Waals surface area contributed by atoms with Crippen molar-refractivity contribution in [3.05, 3.63) is 0 Å². The second kappa shape index (κ2) is 6.79. The second-order valence-corrected chi connectivity index (χ2v) is 3.99. The Kier molecular flexibility index (Phi) is 6.49. The predicted octanol–water partition coefficient (Wildman–Crippen LogP) is 1.11. The average Bonchev–Trinajstić information content (AvgIpc) is 2.10. The minimum Gasteiger partial charge on any atom is -0.481 e. The van der Waals surface area contributed by atoms with Gasteiger partial charge in [0, 0.05) is 6.54 Å². The van der Waals surface area contributed by atoms with Crippen LogP contribution in [0.25, 0.3) is 0 Å². The van der Waals surface area contributed by atoms with Crippen molar-refractivity contribution in [2.75, 3.05) is 26.3 Å². The molecule has 0 saturated heterocycles. The zero-order valence-electron chi connectivity index (χ0n) is 9.30. The third-order valence-electron chi connectivity index (χ3n) is 1.89. The summed E-state index contributed by atoms with van der Waals surface area (Å²) in [7, 11) is 0. The molecule has 0 aromatic carbocycles. The van der Waals surface area contributed by atoms with Gasteiger partial charge in [0.15, 0.2) is 0 Å². The largest absolute Gasteiger partial charge is 0.481 e. The van der Waals surface area contributed by atoms with Crippen molar-refractivity contribution in [3.63, 3.8) is 0 Å². The molecular weight excluding hydrogens is 182 g/mol. The maximum atomic E-state index is 10.7. The number of hydrogen-bond donors (Lipinski definition) is 2. The Morgan fingerprint density at radius 3 is 2.57 bits per heavy atom. The van der Waals surface area contributed by atoms with E-state index in [9.17, 15) is 4.79 Å². The Labute approximate surface area is 85.6 Å². The highest BCUT2D eigenvalue weighted by Gasteiger charge is 2.26. The van der Waals surface area contributed by atoms with Gasteiger partial charge in [0.1, 0.15) is 0 Å². The van der Waals surface area contributed by atoms with Gasteiger partial charge in [-0.3, -0.25) is 4.79 Å². The Bertz CT molecular complexity index is 169. The van der Waals surface area contributed by atoms with Crippen LogP contribution in [0.4, 0.5) is 0 Å². The summed E-state index contributed by atoms with van der Waals surface area (Å²) in [5, 5.41) is 12.0. The Morgan fingerprint density at radius 2 is 2.07 bits per heavy atom. The molecule has 0 bridgehead atoms. The van der Waals surface area contributed by atoms with E-state index in [-0.39, 0.29) is 6.61 Å². The summed E-state index contributed by atoms with van der Waals surface area (Å²) in [6.45, 7) is 8.01. The third kappa shape index (κ3) is 5.94. The molecule has 0 spiro atoms. The number of carbonyl (C=O) groups is 1. The van der Waals surface area contributed by atoms with Crippen molar-refractivity contribution >= 4 is 5.97 Å². The first kappa shape index (κ1) is 13.4. The summed E-state index contributed by atoms with van der Waals surface area (Å²) in [5.41, 5.74) is -0.787. The highest BCUT2D eigenvalue weighted by Crippen LogP contribution is 2.14. The SMILES string of the molecule is CCCNCCOCC(C)(C)C(=O)O. The predicted molar refractivity (Wildman–Crippen MR) is 55.4 cm³/mol. The lowest BCUT2D eigenvalue weighted by atomic mass is 9.95. The van der Waals surface area contributed by atoms with E-state index in [0.717, 1.165) is 19.5 Å². The molecule has 4 nitrogen and oxygen atoms in total. The summed E-state index contributed by atoms with van der Waals surface area (Å²) in [6, 6.07) is 0. The number of hydrogen-bond acceptors (Lipinski definition) is 3. The molecule has 0 rings (SSSR count). The molecule has 0 aliphatic heterocycles. The smallest absolute Gasteiger partial charge is 0.311 e. The van der Waals surface area contributed by atoms with Crippen LogP contribution in [0.15, 0.2) is 0 Å². The average molecular weight is 203 g/mol. The van der Waals surface area contributed by atoms with Crippen LogP contribution in [0.5, 0.6) is 0 Å². The summed E-state index contributed by atoms with van der Waals surface area (Å²) in [6.07, 6.45) is 1.10. The van der Waals surface area contributed by atoms with Gasteiger partial charge < -0.3 is 15.2 Å². The van der Waals surface area contributed by atoms with E-state index in [1.54, 1.807) is 13.8 Å². The van der Waals surface area contributed by atoms with Gasteiger partial charge in [0.05, 0.1) is 18.6 Å². The maximum absolute atomic E-state index is 10.7. The maximum Gasteiger partial charge on any atom is 0.311 e. The number of carboxylic acids is 1. The van der Waals surface area contributed by atoms with E-state index >= 15 is 0 Å². The van der Waals surface area contributed by atoms with E-state index < -0.39 is 11.4 Å². The first-order valence-corrected chi connectivity index (χ1v) is 5.02. The van der Waals surface area contributed by atoms with Gasteiger partial charge in [-0.2, -0.15) is 0 Å². The van der Waals surface area contributed by atoms with E-state index in [1.807, 2.05) is 0 Å². The summed E-state index contributed by atoms with van der Waals surface area (Å²) < 4.78 is 5.26. The monoisotopic (exact) mass is 203 g/mol. The van der Waals surface area contributed by atoms with Crippen LogP contribution in [0.3, 0.4) is 0 Å². The highest BCUT2D eigenvalue weighted by molar-refractivity contribution is 5.73. The molecule has 14 heavy (non-hydrogen) atoms. The molecule has 0 aliphatic carbocycles. The van der Waals surface area contributed by atoms with E-state index in [1.165, 1.54) is 0 Å². The highest BCUT2D eigenvalue weighted by atomic mass is 16.5. The molecule has 0 heterocycles. The summed E-state index contributed by atoms with van der Waals surface area (Å²) >= 11 is 0. The van der Waals surface area contributed by atoms with Gasteiger partial charge in [0.2, 0.25) is 0 Å². The van der Waals surface area contributed by atoms with Crippen molar-refractivity contribution in [1.29, 1.82) is 0 Å². The number of ether oxygens (including phenoxy) is 1. The van der Waals surface area contributed by atoms with Crippen LogP contribution >= 0.6 is 0 Å². The second-order valence-electron chi connectivity index (χ2n) is 3.99. The van der Waals surface area contributed by atoms with Crippen molar-refractivity contribution < 1.29 is 14.6 Å². The molecule has 2 N–H and O–H groups in total. The van der Waals surface area contributed by atoms with E-state index in [2.05, 4.69) is 12.2 Å². The Balaban J connectivity index is 3.40. The molecule has 0 aromatic heterocycles. The zero-order valence-corrected chi connectivity index (χ0v) is 9.30. The lowest BCUT2D eigenvalue weighted by molar-refractivity contribution is -0.150. The fourth-order valence-electron chi connectivity index (χ4n) is 0.835. The fraction of sp³-hybridized carbons (Fsp3) is 0.900. The van der Waals surface area contributed by atoms with Gasteiger partial charge in [-0.15, -0.1) is 0 Å². The topological polar surface area (TPSA) is 58.6 Å². The number of rotatable bonds is 8. The summed E-state index contributed by atoms with van der Waals surface area (Å²) in [5.74, 6) is -0.820. The first-order chi connectivity index (χ1) is 6.50. The minimum atomic E-state index is -0.820. The first-order valence-electron chi connectivity index (χ1n) is 5.02. The molecule has 0 unspecified atom stereocenters. The Morgan fingerprint density at radius 1 is 1.43 bits per heavy atom. The van der Waals surface area contributed by atoms with Gasteiger partial charge in [-0.25, -0.2) is 0 Å². The fourth-order valence-corrected chi connectivity index (χ4v) is 0.835. The molecule has 0 saturated carbocycles. The molecule has 0 atom stereocenters. The minimum absolute atomic E-state index is 0.260. The van der Waals surface area contributed by atoms with Gasteiger partial charge in [-0.1, -0.05) is 6.92 Å².